The smallest absolute Gasteiger partial charge is 0.260 e. The molecule has 7 heteroatoms. The van der Waals surface area contributed by atoms with Crippen molar-refractivity contribution in [2.45, 2.75) is 39.2 Å². The topological polar surface area (TPSA) is 59.1 Å². The van der Waals surface area contributed by atoms with Gasteiger partial charge in [-0.05, 0) is 69.0 Å². The summed E-state index contributed by atoms with van der Waals surface area (Å²) in [5.74, 6) is 0.757. The summed E-state index contributed by atoms with van der Waals surface area (Å²) in [5.41, 5.74) is 1.48. The number of halogens is 1. The van der Waals surface area contributed by atoms with Gasteiger partial charge in [-0.1, -0.05) is 23.7 Å². The second-order valence-corrected chi connectivity index (χ2v) is 8.40. The fourth-order valence-electron chi connectivity index (χ4n) is 3.75. The van der Waals surface area contributed by atoms with Crippen LogP contribution < -0.4 is 9.47 Å². The zero-order chi connectivity index (χ0) is 23.1. The van der Waals surface area contributed by atoms with E-state index >= 15 is 0 Å². The van der Waals surface area contributed by atoms with Gasteiger partial charge in [0.25, 0.3) is 11.8 Å². The van der Waals surface area contributed by atoms with Crippen LogP contribution in [0.15, 0.2) is 42.5 Å². The molecule has 172 valence electrons. The van der Waals surface area contributed by atoms with E-state index in [1.165, 1.54) is 6.42 Å². The number of carbonyl (C=O) groups is 2. The third-order valence-corrected chi connectivity index (χ3v) is 6.06. The molecule has 0 aliphatic carbocycles. The van der Waals surface area contributed by atoms with Gasteiger partial charge in [0, 0.05) is 30.7 Å². The highest BCUT2D eigenvalue weighted by atomic mass is 35.5. The van der Waals surface area contributed by atoms with Crippen LogP contribution >= 0.6 is 11.6 Å². The maximum atomic E-state index is 13.1. The first-order chi connectivity index (χ1) is 15.4. The van der Waals surface area contributed by atoms with Gasteiger partial charge in [0.05, 0.1) is 12.6 Å². The second kappa shape index (κ2) is 11.2. The quantitative estimate of drug-likeness (QED) is 0.560. The average molecular weight is 459 g/mol. The first-order valence-electron chi connectivity index (χ1n) is 11.1. The summed E-state index contributed by atoms with van der Waals surface area (Å²) in [6, 6.07) is 12.4. The number of carbonyl (C=O) groups excluding carboxylic acids is 2. The molecule has 1 fully saturated rings. The van der Waals surface area contributed by atoms with E-state index in [0.717, 1.165) is 31.5 Å². The molecule has 0 bridgehead atoms. The Bertz CT molecular complexity index is 926. The fraction of sp³-hybridized carbons (Fsp3) is 0.440. The number of piperidine rings is 1. The van der Waals surface area contributed by atoms with Gasteiger partial charge in [0.1, 0.15) is 0 Å². The number of likely N-dealkylation sites (tertiary alicyclic amines) is 1. The van der Waals surface area contributed by atoms with E-state index < -0.39 is 0 Å². The zero-order valence-corrected chi connectivity index (χ0v) is 19.7. The predicted molar refractivity (Wildman–Crippen MR) is 125 cm³/mol. The molecule has 0 aromatic heterocycles. The van der Waals surface area contributed by atoms with Crippen LogP contribution in [-0.4, -0.2) is 55.0 Å². The standard InChI is InChI=1S/C25H31ClN2O4/c1-4-31-23-16-20(25(30)27(3)18(2)19-8-11-21(26)12-9-19)10-13-22(23)32-17-24(29)28-14-6-5-7-15-28/h8-13,16,18H,4-7,14-15,17H2,1-3H3. The van der Waals surface area contributed by atoms with Crippen LogP contribution in [0.25, 0.3) is 0 Å². The third kappa shape index (κ3) is 5.94. The van der Waals surface area contributed by atoms with E-state index in [0.29, 0.717) is 28.7 Å². The molecule has 0 N–H and O–H groups in total. The van der Waals surface area contributed by atoms with E-state index in [-0.39, 0.29) is 24.5 Å². The van der Waals surface area contributed by atoms with Crippen molar-refractivity contribution in [2.24, 2.45) is 0 Å². The fourth-order valence-corrected chi connectivity index (χ4v) is 3.87. The Balaban J connectivity index is 1.70. The van der Waals surface area contributed by atoms with Gasteiger partial charge in [-0.3, -0.25) is 9.59 Å². The van der Waals surface area contributed by atoms with E-state index in [4.69, 9.17) is 21.1 Å². The largest absolute Gasteiger partial charge is 0.490 e. The lowest BCUT2D eigenvalue weighted by Crippen LogP contribution is -2.38. The molecule has 32 heavy (non-hydrogen) atoms. The summed E-state index contributed by atoms with van der Waals surface area (Å²) in [6.07, 6.45) is 3.24. The Labute approximate surface area is 195 Å². The first-order valence-corrected chi connectivity index (χ1v) is 11.5. The van der Waals surface area contributed by atoms with Gasteiger partial charge in [0.2, 0.25) is 0 Å². The highest BCUT2D eigenvalue weighted by Crippen LogP contribution is 2.30. The molecular formula is C25H31ClN2O4. The number of rotatable bonds is 8. The highest BCUT2D eigenvalue weighted by Gasteiger charge is 2.22. The molecule has 3 rings (SSSR count). The zero-order valence-electron chi connectivity index (χ0n) is 19.0. The predicted octanol–water partition coefficient (Wildman–Crippen LogP) is 4.96. The number of nitrogens with zero attached hydrogens (tertiary/aromatic N) is 2. The van der Waals surface area contributed by atoms with Crippen molar-refractivity contribution in [3.63, 3.8) is 0 Å². The van der Waals surface area contributed by atoms with Crippen molar-refractivity contribution >= 4 is 23.4 Å². The van der Waals surface area contributed by atoms with Crippen molar-refractivity contribution in [1.29, 1.82) is 0 Å². The van der Waals surface area contributed by atoms with Crippen molar-refractivity contribution in [2.75, 3.05) is 33.4 Å². The minimum atomic E-state index is -0.135. The minimum absolute atomic E-state index is 0.0242. The maximum Gasteiger partial charge on any atom is 0.260 e. The van der Waals surface area contributed by atoms with Crippen molar-refractivity contribution in [1.82, 2.24) is 9.80 Å². The molecule has 0 radical (unpaired) electrons. The summed E-state index contributed by atoms with van der Waals surface area (Å²) in [6.45, 7) is 5.78. The molecule has 0 spiro atoms. The summed E-state index contributed by atoms with van der Waals surface area (Å²) in [7, 11) is 1.77. The molecular weight excluding hydrogens is 428 g/mol. The number of hydrogen-bond acceptors (Lipinski definition) is 4. The Hall–Kier alpha value is -2.73. The highest BCUT2D eigenvalue weighted by molar-refractivity contribution is 6.30. The monoisotopic (exact) mass is 458 g/mol. The Morgan fingerprint density at radius 3 is 2.38 bits per heavy atom. The van der Waals surface area contributed by atoms with Crippen LogP contribution in [0.3, 0.4) is 0 Å². The molecule has 0 saturated carbocycles. The molecule has 2 amide bonds. The van der Waals surface area contributed by atoms with Gasteiger partial charge in [-0.15, -0.1) is 0 Å². The van der Waals surface area contributed by atoms with Crippen LogP contribution in [0.5, 0.6) is 11.5 Å². The molecule has 1 heterocycles. The van der Waals surface area contributed by atoms with Crippen molar-refractivity contribution in [3.8, 4) is 11.5 Å². The Kier molecular flexibility index (Phi) is 8.39. The first kappa shape index (κ1) is 23.9. The van der Waals surface area contributed by atoms with Crippen molar-refractivity contribution < 1.29 is 19.1 Å². The molecule has 1 aliphatic heterocycles. The molecule has 1 aliphatic rings. The molecule has 2 aromatic rings. The van der Waals surface area contributed by atoms with E-state index in [1.54, 1.807) is 30.1 Å². The number of benzene rings is 2. The van der Waals surface area contributed by atoms with Crippen LogP contribution in [-0.2, 0) is 4.79 Å². The van der Waals surface area contributed by atoms with Gasteiger partial charge in [0.15, 0.2) is 18.1 Å². The van der Waals surface area contributed by atoms with Gasteiger partial charge in [-0.25, -0.2) is 0 Å². The van der Waals surface area contributed by atoms with Crippen LogP contribution in [0.1, 0.15) is 55.1 Å². The molecule has 2 aromatic carbocycles. The summed E-state index contributed by atoms with van der Waals surface area (Å²) < 4.78 is 11.5. The van der Waals surface area contributed by atoms with Crippen molar-refractivity contribution in [3.05, 3.63) is 58.6 Å². The van der Waals surface area contributed by atoms with E-state index in [2.05, 4.69) is 0 Å². The Morgan fingerprint density at radius 1 is 1.03 bits per heavy atom. The molecule has 1 saturated heterocycles. The molecule has 1 unspecified atom stereocenters. The van der Waals surface area contributed by atoms with Gasteiger partial charge >= 0.3 is 0 Å². The summed E-state index contributed by atoms with van der Waals surface area (Å²) in [4.78, 5) is 29.1. The summed E-state index contributed by atoms with van der Waals surface area (Å²) >= 11 is 5.98. The third-order valence-electron chi connectivity index (χ3n) is 5.80. The Morgan fingerprint density at radius 2 is 1.72 bits per heavy atom. The molecule has 6 nitrogen and oxygen atoms in total. The minimum Gasteiger partial charge on any atom is -0.490 e. The lowest BCUT2D eigenvalue weighted by Gasteiger charge is -2.27. The lowest BCUT2D eigenvalue weighted by molar-refractivity contribution is -0.134. The van der Waals surface area contributed by atoms with Gasteiger partial charge in [-0.2, -0.15) is 0 Å². The normalized spacial score (nSPS) is 14.6. The SMILES string of the molecule is CCOc1cc(C(=O)N(C)C(C)c2ccc(Cl)cc2)ccc1OCC(=O)N1CCCCC1. The number of ether oxygens (including phenoxy) is 2. The maximum absolute atomic E-state index is 13.1. The second-order valence-electron chi connectivity index (χ2n) is 7.97. The number of hydrogen-bond donors (Lipinski definition) is 0. The molecule has 1 atom stereocenters. The lowest BCUT2D eigenvalue weighted by atomic mass is 10.1. The van der Waals surface area contributed by atoms with Gasteiger partial charge < -0.3 is 19.3 Å². The number of amides is 2. The van der Waals surface area contributed by atoms with Crippen LogP contribution in [0.4, 0.5) is 0 Å². The summed E-state index contributed by atoms with van der Waals surface area (Å²) in [5, 5.41) is 0.658. The van der Waals surface area contributed by atoms with E-state index in [1.807, 2.05) is 43.0 Å². The van der Waals surface area contributed by atoms with Crippen LogP contribution in [0, 0.1) is 0 Å². The average Bonchev–Trinajstić information content (AvgIpc) is 2.82. The van der Waals surface area contributed by atoms with Crippen LogP contribution in [0.2, 0.25) is 5.02 Å². The van der Waals surface area contributed by atoms with E-state index in [9.17, 15) is 9.59 Å².